The van der Waals surface area contributed by atoms with Crippen LogP contribution >= 0.6 is 15.9 Å². The number of nitrogens with one attached hydrogen (secondary N) is 1. The number of rotatable bonds is 5. The van der Waals surface area contributed by atoms with Gasteiger partial charge in [0.25, 0.3) is 0 Å². The first-order valence-electron chi connectivity index (χ1n) is 6.00. The van der Waals surface area contributed by atoms with Crippen LogP contribution in [0.5, 0.6) is 0 Å². The topological polar surface area (TPSA) is 77.0 Å². The second-order valence-corrected chi connectivity index (χ2v) is 4.92. The molecule has 0 bridgehead atoms. The third-order valence-electron chi connectivity index (χ3n) is 2.64. The van der Waals surface area contributed by atoms with Crippen LogP contribution in [-0.2, 0) is 13.1 Å². The van der Waals surface area contributed by atoms with E-state index in [1.807, 2.05) is 24.3 Å². The van der Waals surface area contributed by atoms with E-state index in [9.17, 15) is 0 Å². The molecule has 7 heteroatoms. The van der Waals surface area contributed by atoms with Gasteiger partial charge in [0.05, 0.1) is 24.8 Å². The van der Waals surface area contributed by atoms with Crippen molar-refractivity contribution < 1.29 is 8.94 Å². The van der Waals surface area contributed by atoms with Crippen LogP contribution in [0.4, 0.5) is 0 Å². The average Bonchev–Trinajstić information content (AvgIpc) is 3.11. The summed E-state index contributed by atoms with van der Waals surface area (Å²) in [5.41, 5.74) is 0.876. The van der Waals surface area contributed by atoms with Gasteiger partial charge in [-0.3, -0.25) is 0 Å². The summed E-state index contributed by atoms with van der Waals surface area (Å²) in [7, 11) is 0. The molecule has 1 N–H and O–H groups in total. The molecule has 0 saturated carbocycles. The smallest absolute Gasteiger partial charge is 0.248 e. The van der Waals surface area contributed by atoms with Crippen molar-refractivity contribution in [2.45, 2.75) is 13.1 Å². The summed E-state index contributed by atoms with van der Waals surface area (Å²) >= 11 is 3.46. The minimum absolute atomic E-state index is 0.470. The van der Waals surface area contributed by atoms with Crippen LogP contribution in [0.2, 0.25) is 0 Å². The Morgan fingerprint density at radius 1 is 1.10 bits per heavy atom. The van der Waals surface area contributed by atoms with Crippen LogP contribution in [0.25, 0.3) is 11.5 Å². The highest BCUT2D eigenvalue weighted by molar-refractivity contribution is 9.10. The zero-order chi connectivity index (χ0) is 13.8. The van der Waals surface area contributed by atoms with E-state index in [1.165, 1.54) is 0 Å². The number of benzene rings is 1. The Labute approximate surface area is 123 Å². The summed E-state index contributed by atoms with van der Waals surface area (Å²) in [5.74, 6) is 1.78. The molecule has 0 spiro atoms. The largest absolute Gasteiger partial charge is 0.419 e. The molecule has 2 heterocycles. The molecule has 0 saturated heterocycles. The standard InChI is InChI=1S/C13H11BrN4O2/c14-11-4-2-1-3-10(11)13-18-17-12(19-13)8-15-7-9-5-6-16-20-9/h1-6,15H,7-8H2. The molecule has 0 radical (unpaired) electrons. The predicted octanol–water partition coefficient (Wildman–Crippen LogP) is 2.78. The molecule has 3 rings (SSSR count). The lowest BCUT2D eigenvalue weighted by Crippen LogP contribution is -2.12. The number of nitrogens with zero attached hydrogens (tertiary/aromatic N) is 3. The lowest BCUT2D eigenvalue weighted by Gasteiger charge is -1.98. The Hall–Kier alpha value is -1.99. The van der Waals surface area contributed by atoms with Gasteiger partial charge < -0.3 is 14.3 Å². The van der Waals surface area contributed by atoms with Gasteiger partial charge in [-0.05, 0) is 28.1 Å². The molecule has 102 valence electrons. The number of hydrogen-bond acceptors (Lipinski definition) is 6. The Kier molecular flexibility index (Phi) is 3.89. The third kappa shape index (κ3) is 2.94. The minimum atomic E-state index is 0.470. The average molecular weight is 335 g/mol. The summed E-state index contributed by atoms with van der Waals surface area (Å²) < 4.78 is 11.5. The van der Waals surface area contributed by atoms with E-state index in [2.05, 4.69) is 36.6 Å². The summed E-state index contributed by atoms with van der Waals surface area (Å²) in [6.45, 7) is 1.03. The first-order chi connectivity index (χ1) is 9.83. The molecule has 6 nitrogen and oxygen atoms in total. The fraction of sp³-hybridized carbons (Fsp3) is 0.154. The minimum Gasteiger partial charge on any atom is -0.419 e. The lowest BCUT2D eigenvalue weighted by molar-refractivity contribution is 0.368. The summed E-state index contributed by atoms with van der Waals surface area (Å²) in [6, 6.07) is 9.51. The van der Waals surface area contributed by atoms with Gasteiger partial charge in [0.15, 0.2) is 0 Å². The fourth-order valence-electron chi connectivity index (χ4n) is 1.69. The van der Waals surface area contributed by atoms with E-state index in [-0.39, 0.29) is 0 Å². The van der Waals surface area contributed by atoms with Crippen molar-refractivity contribution >= 4 is 15.9 Å². The Morgan fingerprint density at radius 3 is 2.80 bits per heavy atom. The van der Waals surface area contributed by atoms with E-state index >= 15 is 0 Å². The normalized spacial score (nSPS) is 10.8. The molecule has 3 aromatic rings. The zero-order valence-corrected chi connectivity index (χ0v) is 12.0. The van der Waals surface area contributed by atoms with Crippen molar-refractivity contribution in [1.82, 2.24) is 20.7 Å². The summed E-state index contributed by atoms with van der Waals surface area (Å²) in [4.78, 5) is 0. The summed E-state index contributed by atoms with van der Waals surface area (Å²) in [6.07, 6.45) is 1.61. The number of aromatic nitrogens is 3. The molecule has 1 aromatic carbocycles. The van der Waals surface area contributed by atoms with Crippen molar-refractivity contribution in [3.63, 3.8) is 0 Å². The van der Waals surface area contributed by atoms with Crippen LogP contribution in [0.3, 0.4) is 0 Å². The van der Waals surface area contributed by atoms with E-state index < -0.39 is 0 Å². The van der Waals surface area contributed by atoms with Crippen molar-refractivity contribution in [3.8, 4) is 11.5 Å². The van der Waals surface area contributed by atoms with Crippen LogP contribution in [0.1, 0.15) is 11.7 Å². The van der Waals surface area contributed by atoms with Crippen molar-refractivity contribution in [2.24, 2.45) is 0 Å². The maximum absolute atomic E-state index is 5.61. The highest BCUT2D eigenvalue weighted by Gasteiger charge is 2.10. The van der Waals surface area contributed by atoms with E-state index in [1.54, 1.807) is 12.3 Å². The van der Waals surface area contributed by atoms with Gasteiger partial charge in [-0.1, -0.05) is 17.3 Å². The first-order valence-corrected chi connectivity index (χ1v) is 6.80. The number of hydrogen-bond donors (Lipinski definition) is 1. The molecule has 0 unspecified atom stereocenters. The van der Waals surface area contributed by atoms with Gasteiger partial charge in [-0.15, -0.1) is 10.2 Å². The van der Waals surface area contributed by atoms with Crippen LogP contribution < -0.4 is 5.32 Å². The molecular formula is C13H11BrN4O2. The maximum Gasteiger partial charge on any atom is 0.248 e. The van der Waals surface area contributed by atoms with Gasteiger partial charge in [0.2, 0.25) is 11.8 Å². The Bertz CT molecular complexity index is 681. The molecule has 0 fully saturated rings. The second kappa shape index (κ2) is 5.98. The quantitative estimate of drug-likeness (QED) is 0.773. The molecular weight excluding hydrogens is 324 g/mol. The van der Waals surface area contributed by atoms with Crippen LogP contribution in [0.15, 0.2) is 49.9 Å². The first kappa shape index (κ1) is 13.0. The third-order valence-corrected chi connectivity index (χ3v) is 3.33. The molecule has 20 heavy (non-hydrogen) atoms. The van der Waals surface area contributed by atoms with Crippen molar-refractivity contribution in [2.75, 3.05) is 0 Å². The van der Waals surface area contributed by atoms with Crippen LogP contribution in [-0.4, -0.2) is 15.4 Å². The van der Waals surface area contributed by atoms with Gasteiger partial charge in [-0.25, -0.2) is 0 Å². The zero-order valence-electron chi connectivity index (χ0n) is 10.4. The molecule has 0 aliphatic heterocycles. The van der Waals surface area contributed by atoms with Gasteiger partial charge in [-0.2, -0.15) is 0 Å². The van der Waals surface area contributed by atoms with Crippen molar-refractivity contribution in [3.05, 3.63) is 52.7 Å². The Morgan fingerprint density at radius 2 is 2.00 bits per heavy atom. The molecule has 0 aliphatic rings. The monoisotopic (exact) mass is 334 g/mol. The van der Waals surface area contributed by atoms with E-state index in [0.29, 0.717) is 24.9 Å². The molecule has 2 aromatic heterocycles. The van der Waals surface area contributed by atoms with Gasteiger partial charge >= 0.3 is 0 Å². The predicted molar refractivity (Wildman–Crippen MR) is 74.5 cm³/mol. The second-order valence-electron chi connectivity index (χ2n) is 4.06. The molecule has 0 amide bonds. The fourth-order valence-corrected chi connectivity index (χ4v) is 2.15. The highest BCUT2D eigenvalue weighted by atomic mass is 79.9. The number of halogens is 1. The Balaban J connectivity index is 1.64. The van der Waals surface area contributed by atoms with Crippen molar-refractivity contribution in [1.29, 1.82) is 0 Å². The van der Waals surface area contributed by atoms with Gasteiger partial charge in [0, 0.05) is 10.5 Å². The molecule has 0 atom stereocenters. The SMILES string of the molecule is Brc1ccccc1-c1nnc(CNCc2ccno2)o1. The van der Waals surface area contributed by atoms with Gasteiger partial charge in [0.1, 0.15) is 5.76 Å². The van der Waals surface area contributed by atoms with Crippen LogP contribution in [0, 0.1) is 0 Å². The summed E-state index contributed by atoms with van der Waals surface area (Å²) in [5, 5.41) is 14.8. The van der Waals surface area contributed by atoms with E-state index in [4.69, 9.17) is 8.94 Å². The lowest BCUT2D eigenvalue weighted by atomic mass is 10.2. The molecule has 0 aliphatic carbocycles. The highest BCUT2D eigenvalue weighted by Crippen LogP contribution is 2.26. The maximum atomic E-state index is 5.61. The van der Waals surface area contributed by atoms with E-state index in [0.717, 1.165) is 15.8 Å².